The van der Waals surface area contributed by atoms with Crippen LogP contribution in [0.25, 0.3) is 5.57 Å². The van der Waals surface area contributed by atoms with Crippen LogP contribution >= 0.6 is 11.3 Å². The molecule has 5 rings (SSSR count). The van der Waals surface area contributed by atoms with Gasteiger partial charge in [-0.1, -0.05) is 24.3 Å². The summed E-state index contributed by atoms with van der Waals surface area (Å²) in [5.74, 6) is 0.276. The van der Waals surface area contributed by atoms with Gasteiger partial charge in [-0.3, -0.25) is 9.59 Å². The molecule has 3 aromatic rings. The number of nitrogens with zero attached hydrogens (tertiary/aromatic N) is 2. The summed E-state index contributed by atoms with van der Waals surface area (Å²) in [6.45, 7) is 0.649. The Balaban J connectivity index is 1.66. The third-order valence-corrected chi connectivity index (χ3v) is 6.50. The van der Waals surface area contributed by atoms with Crippen molar-refractivity contribution < 1.29 is 19.1 Å². The van der Waals surface area contributed by atoms with Gasteiger partial charge in [0.05, 0.1) is 25.5 Å². The number of ether oxygens (including phenoxy) is 2. The fourth-order valence-electron chi connectivity index (χ4n) is 4.17. The summed E-state index contributed by atoms with van der Waals surface area (Å²) in [6, 6.07) is 16.8. The Morgan fingerprint density at radius 3 is 2.48 bits per heavy atom. The topological polar surface area (TPSA) is 59.1 Å². The second-order valence-electron chi connectivity index (χ2n) is 7.21. The molecule has 0 atom stereocenters. The van der Waals surface area contributed by atoms with Crippen LogP contribution in [0.4, 0.5) is 11.4 Å². The quantitative estimate of drug-likeness (QED) is 0.568. The molecule has 0 fully saturated rings. The van der Waals surface area contributed by atoms with Gasteiger partial charge in [0.1, 0.15) is 17.2 Å². The zero-order valence-electron chi connectivity index (χ0n) is 17.1. The largest absolute Gasteiger partial charge is 0.497 e. The van der Waals surface area contributed by atoms with Gasteiger partial charge in [-0.2, -0.15) is 0 Å². The van der Waals surface area contributed by atoms with Crippen molar-refractivity contribution >= 4 is 40.1 Å². The molecule has 0 saturated carbocycles. The molecule has 2 amide bonds. The molecule has 0 aliphatic carbocycles. The molecular weight excluding hydrogens is 412 g/mol. The molecule has 0 N–H and O–H groups in total. The zero-order valence-corrected chi connectivity index (χ0v) is 17.9. The summed E-state index contributed by atoms with van der Waals surface area (Å²) in [5, 5.41) is 1.91. The number of rotatable bonds is 5. The number of imide groups is 1. The van der Waals surface area contributed by atoms with Gasteiger partial charge in [-0.25, -0.2) is 4.90 Å². The Labute approximate surface area is 183 Å². The third kappa shape index (κ3) is 3.00. The van der Waals surface area contributed by atoms with Crippen molar-refractivity contribution in [3.05, 3.63) is 76.1 Å². The summed E-state index contributed by atoms with van der Waals surface area (Å²) in [5.41, 5.74) is 3.37. The van der Waals surface area contributed by atoms with Crippen molar-refractivity contribution in [1.82, 2.24) is 0 Å². The Kier molecular flexibility index (Phi) is 4.75. The van der Waals surface area contributed by atoms with Crippen LogP contribution in [0.5, 0.6) is 11.5 Å². The van der Waals surface area contributed by atoms with E-state index in [4.69, 9.17) is 9.47 Å². The van der Waals surface area contributed by atoms with E-state index in [1.807, 2.05) is 40.6 Å². The molecule has 2 aliphatic rings. The van der Waals surface area contributed by atoms with Crippen LogP contribution in [0.2, 0.25) is 0 Å². The number of benzene rings is 2. The fourth-order valence-corrected chi connectivity index (χ4v) is 4.93. The van der Waals surface area contributed by atoms with Crippen LogP contribution < -0.4 is 19.3 Å². The second kappa shape index (κ2) is 7.59. The monoisotopic (exact) mass is 432 g/mol. The van der Waals surface area contributed by atoms with Gasteiger partial charge in [0.2, 0.25) is 0 Å². The average Bonchev–Trinajstić information content (AvgIpc) is 3.52. The van der Waals surface area contributed by atoms with E-state index in [1.165, 1.54) is 28.9 Å². The van der Waals surface area contributed by atoms with Crippen molar-refractivity contribution in [1.29, 1.82) is 0 Å². The van der Waals surface area contributed by atoms with E-state index < -0.39 is 0 Å². The minimum absolute atomic E-state index is 0.352. The van der Waals surface area contributed by atoms with Gasteiger partial charge < -0.3 is 14.4 Å². The standard InChI is InChI=1S/C24H20N2O4S/c1-29-16-9-10-18(19(14-16)30-2)26-23(27)21(20-8-5-13-31-20)22(24(26)28)25-12-11-15-6-3-4-7-17(15)25/h3-10,13-14H,11-12H2,1-2H3. The number of carbonyl (C=O) groups excluding carboxylic acids is 2. The van der Waals surface area contributed by atoms with Gasteiger partial charge in [0.15, 0.2) is 0 Å². The first-order chi connectivity index (χ1) is 15.1. The summed E-state index contributed by atoms with van der Waals surface area (Å²) < 4.78 is 10.7. The number of fused-ring (bicyclic) bond motifs is 1. The average molecular weight is 433 g/mol. The third-order valence-electron chi connectivity index (χ3n) is 5.61. The highest BCUT2D eigenvalue weighted by molar-refractivity contribution is 7.11. The smallest absolute Gasteiger partial charge is 0.282 e. The predicted molar refractivity (Wildman–Crippen MR) is 121 cm³/mol. The van der Waals surface area contributed by atoms with E-state index in [2.05, 4.69) is 6.07 Å². The minimum atomic E-state index is -0.353. The fraction of sp³-hybridized carbons (Fsp3) is 0.167. The van der Waals surface area contributed by atoms with E-state index in [1.54, 1.807) is 25.3 Å². The molecule has 0 radical (unpaired) electrons. The Morgan fingerprint density at radius 1 is 0.903 bits per heavy atom. The highest BCUT2D eigenvalue weighted by Crippen LogP contribution is 2.43. The number of carbonyl (C=O) groups is 2. The van der Waals surface area contributed by atoms with Crippen LogP contribution in [0.3, 0.4) is 0 Å². The molecule has 3 heterocycles. The number of methoxy groups -OCH3 is 2. The molecule has 0 unspecified atom stereocenters. The van der Waals surface area contributed by atoms with Gasteiger partial charge in [-0.05, 0) is 41.6 Å². The predicted octanol–water partition coefficient (Wildman–Crippen LogP) is 4.11. The number of hydrogen-bond donors (Lipinski definition) is 0. The number of para-hydroxylation sites is 1. The van der Waals surface area contributed by atoms with Crippen molar-refractivity contribution in [3.63, 3.8) is 0 Å². The molecule has 31 heavy (non-hydrogen) atoms. The van der Waals surface area contributed by atoms with Crippen LogP contribution in [-0.2, 0) is 16.0 Å². The van der Waals surface area contributed by atoms with Gasteiger partial charge in [0, 0.05) is 23.2 Å². The molecule has 2 aromatic carbocycles. The maximum absolute atomic E-state index is 13.8. The van der Waals surface area contributed by atoms with Crippen molar-refractivity contribution in [3.8, 4) is 11.5 Å². The van der Waals surface area contributed by atoms with Gasteiger partial charge in [-0.15, -0.1) is 11.3 Å². The van der Waals surface area contributed by atoms with Gasteiger partial charge >= 0.3 is 0 Å². The van der Waals surface area contributed by atoms with Crippen molar-refractivity contribution in [2.45, 2.75) is 6.42 Å². The lowest BCUT2D eigenvalue weighted by atomic mass is 10.1. The molecule has 7 heteroatoms. The summed E-state index contributed by atoms with van der Waals surface area (Å²) in [7, 11) is 3.06. The van der Waals surface area contributed by atoms with E-state index >= 15 is 0 Å². The van der Waals surface area contributed by atoms with Crippen molar-refractivity contribution in [2.75, 3.05) is 30.6 Å². The maximum atomic E-state index is 13.8. The number of thiophene rings is 1. The summed E-state index contributed by atoms with van der Waals surface area (Å²) >= 11 is 1.45. The van der Waals surface area contributed by atoms with Crippen LogP contribution in [-0.4, -0.2) is 32.6 Å². The summed E-state index contributed by atoms with van der Waals surface area (Å²) in [6.07, 6.45) is 0.824. The Morgan fingerprint density at radius 2 is 1.74 bits per heavy atom. The molecule has 0 bridgehead atoms. The first-order valence-corrected chi connectivity index (χ1v) is 10.8. The highest BCUT2D eigenvalue weighted by atomic mass is 32.1. The lowest BCUT2D eigenvalue weighted by molar-refractivity contribution is -0.120. The Bertz CT molecular complexity index is 1220. The van der Waals surface area contributed by atoms with Crippen LogP contribution in [0.1, 0.15) is 10.4 Å². The molecular formula is C24H20N2O4S. The first kappa shape index (κ1) is 19.4. The van der Waals surface area contributed by atoms with E-state index in [-0.39, 0.29) is 11.8 Å². The normalized spacial score (nSPS) is 15.7. The molecule has 1 aromatic heterocycles. The van der Waals surface area contributed by atoms with Gasteiger partial charge in [0.25, 0.3) is 11.8 Å². The molecule has 156 valence electrons. The number of amides is 2. The van der Waals surface area contributed by atoms with Crippen LogP contribution in [0.15, 0.2) is 65.7 Å². The Hall–Kier alpha value is -3.58. The van der Waals surface area contributed by atoms with E-state index in [9.17, 15) is 9.59 Å². The highest BCUT2D eigenvalue weighted by Gasteiger charge is 2.45. The SMILES string of the molecule is COc1ccc(N2C(=O)C(c3cccs3)=C(N3CCc4ccccc43)C2=O)c(OC)c1. The minimum Gasteiger partial charge on any atom is -0.497 e. The first-order valence-electron chi connectivity index (χ1n) is 9.88. The van der Waals surface area contributed by atoms with E-state index in [0.717, 1.165) is 17.0 Å². The molecule has 2 aliphatic heterocycles. The van der Waals surface area contributed by atoms with Crippen molar-refractivity contribution in [2.24, 2.45) is 0 Å². The number of hydrogen-bond acceptors (Lipinski definition) is 6. The van der Waals surface area contributed by atoms with Crippen LogP contribution in [0, 0.1) is 0 Å². The number of anilines is 2. The maximum Gasteiger partial charge on any atom is 0.282 e. The molecule has 0 saturated heterocycles. The second-order valence-corrected chi connectivity index (χ2v) is 8.16. The zero-order chi connectivity index (χ0) is 21.5. The summed E-state index contributed by atoms with van der Waals surface area (Å²) in [4.78, 5) is 31.4. The molecule has 0 spiro atoms. The van der Waals surface area contributed by atoms with E-state index in [0.29, 0.717) is 35.0 Å². The molecule has 6 nitrogen and oxygen atoms in total. The lowest BCUT2D eigenvalue weighted by Crippen LogP contribution is -2.35. The lowest BCUT2D eigenvalue weighted by Gasteiger charge is -2.22.